The molecule has 2 rings (SSSR count). The van der Waals surface area contributed by atoms with E-state index in [1.165, 1.54) is 37.0 Å². The molecule has 0 saturated heterocycles. The number of anilines is 1. The van der Waals surface area contributed by atoms with Crippen molar-refractivity contribution in [1.82, 2.24) is 0 Å². The average Bonchev–Trinajstić information content (AvgIpc) is 2.66. The maximum Gasteiger partial charge on any atom is 0.310 e. The van der Waals surface area contributed by atoms with Crippen LogP contribution in [-0.2, 0) is 4.79 Å². The molecule has 0 aromatic heterocycles. The molecule has 0 fully saturated rings. The van der Waals surface area contributed by atoms with Crippen LogP contribution in [0.3, 0.4) is 0 Å². The topological polar surface area (TPSA) is 49.3 Å². The van der Waals surface area contributed by atoms with E-state index in [0.717, 1.165) is 22.7 Å². The van der Waals surface area contributed by atoms with E-state index in [0.29, 0.717) is 6.42 Å². The smallest absolute Gasteiger partial charge is 0.310 e. The minimum atomic E-state index is -0.758. The molecule has 1 atom stereocenters. The van der Waals surface area contributed by atoms with Gasteiger partial charge in [-0.25, -0.2) is 0 Å². The Balaban J connectivity index is 1.89. The molecule has 3 nitrogen and oxygen atoms in total. The fraction of sp³-hybridized carbons (Fsp3) is 0.435. The minimum Gasteiger partial charge on any atom is -0.481 e. The molecular formula is C23H31NO2S. The lowest BCUT2D eigenvalue weighted by molar-refractivity contribution is -0.138. The molecule has 0 aliphatic rings. The lowest BCUT2D eigenvalue weighted by Crippen LogP contribution is -2.10. The molecule has 1 unspecified atom stereocenters. The van der Waals surface area contributed by atoms with Gasteiger partial charge in [-0.1, -0.05) is 69.5 Å². The first-order valence-electron chi connectivity index (χ1n) is 9.98. The SMILES string of the molecule is CCCCCCCNc1cccc(Sc2ccc(C(CC)C(=O)O)cc2)c1. The van der Waals surface area contributed by atoms with Crippen molar-refractivity contribution in [3.63, 3.8) is 0 Å². The molecule has 0 spiro atoms. The quantitative estimate of drug-likeness (QED) is 0.395. The Kier molecular flexibility index (Phi) is 9.26. The van der Waals surface area contributed by atoms with Gasteiger partial charge in [-0.2, -0.15) is 0 Å². The predicted molar refractivity (Wildman–Crippen MR) is 115 cm³/mol. The number of carboxylic acids is 1. The van der Waals surface area contributed by atoms with Crippen LogP contribution in [0.25, 0.3) is 0 Å². The standard InChI is InChI=1S/C23H31NO2S/c1-3-5-6-7-8-16-24-19-10-9-11-21(17-19)27-20-14-12-18(13-15-20)22(4-2)23(25)26/h9-15,17,22,24H,3-8,16H2,1-2H3,(H,25,26). The number of aliphatic carboxylic acids is 1. The summed E-state index contributed by atoms with van der Waals surface area (Å²) in [6, 6.07) is 16.4. The number of hydrogen-bond donors (Lipinski definition) is 2. The highest BCUT2D eigenvalue weighted by Gasteiger charge is 2.17. The minimum absolute atomic E-state index is 0.422. The predicted octanol–water partition coefficient (Wildman–Crippen LogP) is 6.80. The largest absolute Gasteiger partial charge is 0.481 e. The summed E-state index contributed by atoms with van der Waals surface area (Å²) >= 11 is 1.70. The molecular weight excluding hydrogens is 354 g/mol. The van der Waals surface area contributed by atoms with E-state index in [9.17, 15) is 9.90 Å². The third kappa shape index (κ3) is 7.30. The molecule has 2 aromatic carbocycles. The van der Waals surface area contributed by atoms with Crippen LogP contribution in [0.2, 0.25) is 0 Å². The molecule has 146 valence electrons. The Hall–Kier alpha value is -1.94. The fourth-order valence-electron chi connectivity index (χ4n) is 3.09. The van der Waals surface area contributed by atoms with E-state index in [4.69, 9.17) is 0 Å². The van der Waals surface area contributed by atoms with Crippen molar-refractivity contribution in [2.75, 3.05) is 11.9 Å². The monoisotopic (exact) mass is 385 g/mol. The first-order chi connectivity index (χ1) is 13.1. The van der Waals surface area contributed by atoms with Gasteiger partial charge in [-0.15, -0.1) is 0 Å². The summed E-state index contributed by atoms with van der Waals surface area (Å²) in [5.41, 5.74) is 2.02. The molecule has 2 aromatic rings. The Morgan fingerprint density at radius 3 is 2.41 bits per heavy atom. The molecule has 0 aliphatic heterocycles. The molecule has 0 amide bonds. The maximum absolute atomic E-state index is 11.3. The van der Waals surface area contributed by atoms with Crippen LogP contribution in [0.1, 0.15) is 63.9 Å². The second-order valence-electron chi connectivity index (χ2n) is 6.84. The van der Waals surface area contributed by atoms with Gasteiger partial charge in [-0.3, -0.25) is 4.79 Å². The summed E-state index contributed by atoms with van der Waals surface area (Å²) in [5.74, 6) is -1.18. The second kappa shape index (κ2) is 11.7. The van der Waals surface area contributed by atoms with E-state index in [1.807, 2.05) is 31.2 Å². The van der Waals surface area contributed by atoms with E-state index in [-0.39, 0.29) is 0 Å². The van der Waals surface area contributed by atoms with E-state index in [1.54, 1.807) is 11.8 Å². The van der Waals surface area contributed by atoms with Gasteiger partial charge in [0.2, 0.25) is 0 Å². The molecule has 2 N–H and O–H groups in total. The summed E-state index contributed by atoms with van der Waals surface area (Å²) in [4.78, 5) is 13.6. The molecule has 0 heterocycles. The molecule has 4 heteroatoms. The first kappa shape index (κ1) is 21.4. The van der Waals surface area contributed by atoms with Crippen LogP contribution in [0, 0.1) is 0 Å². The van der Waals surface area contributed by atoms with Gasteiger partial charge in [0, 0.05) is 22.0 Å². The Morgan fingerprint density at radius 2 is 1.74 bits per heavy atom. The van der Waals surface area contributed by atoms with Gasteiger partial charge in [-0.05, 0) is 48.7 Å². The molecule has 0 bridgehead atoms. The van der Waals surface area contributed by atoms with E-state index < -0.39 is 11.9 Å². The number of carbonyl (C=O) groups is 1. The van der Waals surface area contributed by atoms with Crippen molar-refractivity contribution >= 4 is 23.4 Å². The Labute approximate surface area is 167 Å². The highest BCUT2D eigenvalue weighted by Crippen LogP contribution is 2.31. The Bertz CT molecular complexity index is 700. The van der Waals surface area contributed by atoms with Crippen LogP contribution < -0.4 is 5.32 Å². The highest BCUT2D eigenvalue weighted by atomic mass is 32.2. The molecule has 0 radical (unpaired) electrons. The van der Waals surface area contributed by atoms with Crippen LogP contribution in [-0.4, -0.2) is 17.6 Å². The van der Waals surface area contributed by atoms with E-state index >= 15 is 0 Å². The molecule has 27 heavy (non-hydrogen) atoms. The van der Waals surface area contributed by atoms with Crippen LogP contribution in [0.5, 0.6) is 0 Å². The number of rotatable bonds is 12. The summed E-state index contributed by atoms with van der Waals surface area (Å²) in [6.07, 6.45) is 7.04. The van der Waals surface area contributed by atoms with Crippen molar-refractivity contribution in [3.8, 4) is 0 Å². The normalized spacial score (nSPS) is 11.9. The second-order valence-corrected chi connectivity index (χ2v) is 7.99. The highest BCUT2D eigenvalue weighted by molar-refractivity contribution is 7.99. The summed E-state index contributed by atoms with van der Waals surface area (Å²) in [5, 5.41) is 12.8. The van der Waals surface area contributed by atoms with Gasteiger partial charge in [0.25, 0.3) is 0 Å². The summed E-state index contributed by atoms with van der Waals surface area (Å²) in [6.45, 7) is 5.16. The third-order valence-corrected chi connectivity index (χ3v) is 5.67. The van der Waals surface area contributed by atoms with Gasteiger partial charge >= 0.3 is 5.97 Å². The number of hydrogen-bond acceptors (Lipinski definition) is 3. The lowest BCUT2D eigenvalue weighted by atomic mass is 9.97. The first-order valence-corrected chi connectivity index (χ1v) is 10.8. The molecule has 0 aliphatic carbocycles. The summed E-state index contributed by atoms with van der Waals surface area (Å²) < 4.78 is 0. The number of benzene rings is 2. The van der Waals surface area contributed by atoms with Gasteiger partial charge in [0.05, 0.1) is 5.92 Å². The van der Waals surface area contributed by atoms with Crippen molar-refractivity contribution in [3.05, 3.63) is 54.1 Å². The van der Waals surface area contributed by atoms with Crippen molar-refractivity contribution in [2.24, 2.45) is 0 Å². The lowest BCUT2D eigenvalue weighted by Gasteiger charge is -2.11. The Morgan fingerprint density at radius 1 is 1.00 bits per heavy atom. The summed E-state index contributed by atoms with van der Waals surface area (Å²) in [7, 11) is 0. The van der Waals surface area contributed by atoms with Crippen molar-refractivity contribution < 1.29 is 9.90 Å². The molecule has 0 saturated carbocycles. The number of carboxylic acid groups (broad SMARTS) is 1. The average molecular weight is 386 g/mol. The van der Waals surface area contributed by atoms with Gasteiger partial charge in [0.1, 0.15) is 0 Å². The zero-order chi connectivity index (χ0) is 19.5. The maximum atomic E-state index is 11.3. The third-order valence-electron chi connectivity index (χ3n) is 4.67. The zero-order valence-electron chi connectivity index (χ0n) is 16.4. The van der Waals surface area contributed by atoms with Gasteiger partial charge < -0.3 is 10.4 Å². The van der Waals surface area contributed by atoms with Crippen LogP contribution >= 0.6 is 11.8 Å². The van der Waals surface area contributed by atoms with Crippen molar-refractivity contribution in [2.45, 2.75) is 68.1 Å². The zero-order valence-corrected chi connectivity index (χ0v) is 17.2. The van der Waals surface area contributed by atoms with Crippen LogP contribution in [0.4, 0.5) is 5.69 Å². The van der Waals surface area contributed by atoms with Crippen LogP contribution in [0.15, 0.2) is 58.3 Å². The van der Waals surface area contributed by atoms with E-state index in [2.05, 4.69) is 36.5 Å². The number of unbranched alkanes of at least 4 members (excludes halogenated alkanes) is 4. The number of nitrogens with one attached hydrogen (secondary N) is 1. The fourth-order valence-corrected chi connectivity index (χ4v) is 3.96. The van der Waals surface area contributed by atoms with Gasteiger partial charge in [0.15, 0.2) is 0 Å². The van der Waals surface area contributed by atoms with Crippen molar-refractivity contribution in [1.29, 1.82) is 0 Å².